The Morgan fingerprint density at radius 3 is 2.07 bits per heavy atom. The molecule has 0 spiro atoms. The zero-order chi connectivity index (χ0) is 20.9. The highest BCUT2D eigenvalue weighted by molar-refractivity contribution is 7.91. The molecule has 3 rings (SSSR count). The fourth-order valence-corrected chi connectivity index (χ4v) is 4.07. The summed E-state index contributed by atoms with van der Waals surface area (Å²) in [5.41, 5.74) is 1.96. The van der Waals surface area contributed by atoms with Crippen molar-refractivity contribution in [1.29, 1.82) is 0 Å². The van der Waals surface area contributed by atoms with E-state index in [-0.39, 0.29) is 22.3 Å². The predicted octanol–water partition coefficient (Wildman–Crippen LogP) is 4.21. The Hall–Kier alpha value is -3.32. The number of hydrogen-bond acceptors (Lipinski definition) is 6. The van der Waals surface area contributed by atoms with Gasteiger partial charge in [-0.15, -0.1) is 0 Å². The largest absolute Gasteiger partial charge is 0.473 e. The molecule has 0 saturated heterocycles. The third-order valence-corrected chi connectivity index (χ3v) is 6.10. The van der Waals surface area contributed by atoms with Gasteiger partial charge >= 0.3 is 0 Å². The number of ether oxygens (including phenoxy) is 1. The van der Waals surface area contributed by atoms with Crippen LogP contribution in [0, 0.1) is 0 Å². The maximum absolute atomic E-state index is 12.9. The first-order valence-electron chi connectivity index (χ1n) is 9.01. The Kier molecular flexibility index (Phi) is 6.19. The highest BCUT2D eigenvalue weighted by atomic mass is 32.2. The number of hydrogen-bond donors (Lipinski definition) is 2. The summed E-state index contributed by atoms with van der Waals surface area (Å²) in [5.74, 6) is 0.600. The Morgan fingerprint density at radius 1 is 0.897 bits per heavy atom. The van der Waals surface area contributed by atoms with E-state index in [2.05, 4.69) is 10.6 Å². The van der Waals surface area contributed by atoms with Crippen molar-refractivity contribution in [3.8, 4) is 5.75 Å². The number of anilines is 2. The molecule has 0 bridgehead atoms. The lowest BCUT2D eigenvalue weighted by Gasteiger charge is -2.11. The molecule has 0 radical (unpaired) electrons. The lowest BCUT2D eigenvalue weighted by atomic mass is 10.1. The Bertz CT molecular complexity index is 1110. The normalized spacial score (nSPS) is 11.0. The predicted molar refractivity (Wildman–Crippen MR) is 113 cm³/mol. The molecule has 7 heteroatoms. The van der Waals surface area contributed by atoms with Crippen molar-refractivity contribution in [2.24, 2.45) is 0 Å². The van der Waals surface area contributed by atoms with E-state index in [0.717, 1.165) is 5.69 Å². The molecule has 150 valence electrons. The highest BCUT2D eigenvalue weighted by Crippen LogP contribution is 2.25. The smallest absolute Gasteiger partial charge is 0.206 e. The molecule has 0 saturated carbocycles. The third-order valence-electron chi connectivity index (χ3n) is 4.35. The molecule has 0 aliphatic heterocycles. The van der Waals surface area contributed by atoms with E-state index >= 15 is 0 Å². The van der Waals surface area contributed by atoms with Gasteiger partial charge < -0.3 is 15.4 Å². The second-order valence-electron chi connectivity index (χ2n) is 6.36. The van der Waals surface area contributed by atoms with Gasteiger partial charge in [-0.2, -0.15) is 0 Å². The standard InChI is InChI=1S/C22H22N2O4S/c1-16(25)17-9-11-20(12-10-17)28-15-24-19-6-4-8-22(14-19)29(26,27)21-7-3-5-18(13-21)23-2/h3-14,23-24H,15H2,1-2H3. The van der Waals surface area contributed by atoms with Crippen molar-refractivity contribution >= 4 is 27.0 Å². The number of ketones is 1. The van der Waals surface area contributed by atoms with E-state index in [0.29, 0.717) is 17.0 Å². The van der Waals surface area contributed by atoms with E-state index in [1.165, 1.54) is 6.92 Å². The van der Waals surface area contributed by atoms with Crippen LogP contribution >= 0.6 is 0 Å². The van der Waals surface area contributed by atoms with Gasteiger partial charge in [0.05, 0.1) is 9.79 Å². The van der Waals surface area contributed by atoms with Crippen molar-refractivity contribution in [1.82, 2.24) is 0 Å². The summed E-state index contributed by atoms with van der Waals surface area (Å²) in [7, 11) is -1.90. The number of carbonyl (C=O) groups is 1. The zero-order valence-electron chi connectivity index (χ0n) is 16.2. The summed E-state index contributed by atoms with van der Waals surface area (Å²) in [6, 6.07) is 20.1. The lowest BCUT2D eigenvalue weighted by molar-refractivity contribution is 0.101. The quantitative estimate of drug-likeness (QED) is 0.427. The van der Waals surface area contributed by atoms with Crippen LogP contribution in [0.2, 0.25) is 0 Å². The summed E-state index contributed by atoms with van der Waals surface area (Å²) < 4.78 is 31.4. The number of carbonyl (C=O) groups excluding carboxylic acids is 1. The van der Waals surface area contributed by atoms with E-state index in [1.807, 2.05) is 0 Å². The minimum Gasteiger partial charge on any atom is -0.473 e. The van der Waals surface area contributed by atoms with Crippen LogP contribution in [0.25, 0.3) is 0 Å². The average Bonchev–Trinajstić information content (AvgIpc) is 2.74. The molecular weight excluding hydrogens is 388 g/mol. The summed E-state index contributed by atoms with van der Waals surface area (Å²) >= 11 is 0. The maximum atomic E-state index is 12.9. The van der Waals surface area contributed by atoms with Crippen LogP contribution in [0.15, 0.2) is 82.6 Å². The minimum atomic E-state index is -3.64. The van der Waals surface area contributed by atoms with Crippen molar-refractivity contribution in [2.45, 2.75) is 16.7 Å². The van der Waals surface area contributed by atoms with Crippen molar-refractivity contribution in [2.75, 3.05) is 24.4 Å². The Morgan fingerprint density at radius 2 is 1.48 bits per heavy atom. The van der Waals surface area contributed by atoms with Gasteiger partial charge in [0.1, 0.15) is 5.75 Å². The second-order valence-corrected chi connectivity index (χ2v) is 8.30. The zero-order valence-corrected chi connectivity index (χ0v) is 17.0. The molecule has 29 heavy (non-hydrogen) atoms. The monoisotopic (exact) mass is 410 g/mol. The van der Waals surface area contributed by atoms with Crippen LogP contribution in [0.4, 0.5) is 11.4 Å². The Labute approximate surface area is 170 Å². The maximum Gasteiger partial charge on any atom is 0.206 e. The molecule has 0 aliphatic carbocycles. The van der Waals surface area contributed by atoms with E-state index in [9.17, 15) is 13.2 Å². The molecule has 0 aliphatic rings. The molecule has 3 aromatic carbocycles. The van der Waals surface area contributed by atoms with Gasteiger partial charge in [-0.3, -0.25) is 4.79 Å². The summed E-state index contributed by atoms with van der Waals surface area (Å²) in [5, 5.41) is 5.99. The van der Waals surface area contributed by atoms with Crippen molar-refractivity contribution < 1.29 is 17.9 Å². The number of rotatable bonds is 8. The summed E-state index contributed by atoms with van der Waals surface area (Å²) in [4.78, 5) is 11.7. The minimum absolute atomic E-state index is 0.00652. The van der Waals surface area contributed by atoms with Crippen LogP contribution in [0.1, 0.15) is 17.3 Å². The third kappa shape index (κ3) is 4.94. The summed E-state index contributed by atoms with van der Waals surface area (Å²) in [6.07, 6.45) is 0. The van der Waals surface area contributed by atoms with E-state index in [4.69, 9.17) is 4.74 Å². The molecule has 0 heterocycles. The average molecular weight is 410 g/mol. The first-order valence-corrected chi connectivity index (χ1v) is 10.5. The summed E-state index contributed by atoms with van der Waals surface area (Å²) in [6.45, 7) is 1.66. The van der Waals surface area contributed by atoms with Crippen LogP contribution in [-0.4, -0.2) is 28.0 Å². The molecule has 0 unspecified atom stereocenters. The van der Waals surface area contributed by atoms with Gasteiger partial charge in [0, 0.05) is 24.0 Å². The molecular formula is C22H22N2O4S. The molecule has 3 aromatic rings. The number of sulfone groups is 1. The van der Waals surface area contributed by atoms with Crippen LogP contribution in [0.3, 0.4) is 0 Å². The van der Waals surface area contributed by atoms with E-state index < -0.39 is 9.84 Å². The topological polar surface area (TPSA) is 84.5 Å². The van der Waals surface area contributed by atoms with Gasteiger partial charge in [-0.25, -0.2) is 8.42 Å². The first kappa shape index (κ1) is 20.4. The lowest BCUT2D eigenvalue weighted by Crippen LogP contribution is -2.10. The molecule has 2 N–H and O–H groups in total. The van der Waals surface area contributed by atoms with Crippen molar-refractivity contribution in [3.05, 3.63) is 78.4 Å². The van der Waals surface area contributed by atoms with Gasteiger partial charge in [-0.1, -0.05) is 12.1 Å². The SMILES string of the molecule is CNc1cccc(S(=O)(=O)c2cccc(NCOc3ccc(C(C)=O)cc3)c2)c1. The molecule has 0 atom stereocenters. The Balaban J connectivity index is 1.69. The molecule has 0 amide bonds. The van der Waals surface area contributed by atoms with Gasteiger partial charge in [0.2, 0.25) is 9.84 Å². The van der Waals surface area contributed by atoms with Gasteiger partial charge in [0.25, 0.3) is 0 Å². The highest BCUT2D eigenvalue weighted by Gasteiger charge is 2.18. The molecule has 0 aromatic heterocycles. The van der Waals surface area contributed by atoms with Gasteiger partial charge in [0.15, 0.2) is 12.5 Å². The fraction of sp³-hybridized carbons (Fsp3) is 0.136. The van der Waals surface area contributed by atoms with Gasteiger partial charge in [-0.05, 0) is 67.6 Å². The van der Waals surface area contributed by atoms with Crippen LogP contribution in [-0.2, 0) is 9.84 Å². The van der Waals surface area contributed by atoms with Crippen LogP contribution in [0.5, 0.6) is 5.75 Å². The molecule has 6 nitrogen and oxygen atoms in total. The number of nitrogens with one attached hydrogen (secondary N) is 2. The fourth-order valence-electron chi connectivity index (χ4n) is 2.72. The van der Waals surface area contributed by atoms with Crippen LogP contribution < -0.4 is 15.4 Å². The molecule has 0 fully saturated rings. The van der Waals surface area contributed by atoms with E-state index in [1.54, 1.807) is 79.8 Å². The number of benzene rings is 3. The second kappa shape index (κ2) is 8.79. The van der Waals surface area contributed by atoms with Crippen molar-refractivity contribution in [3.63, 3.8) is 0 Å². The first-order chi connectivity index (χ1) is 13.9. The number of Topliss-reactive ketones (excluding diaryl/α,β-unsaturated/α-hetero) is 1.